The number of esters is 1. The van der Waals surface area contributed by atoms with Gasteiger partial charge in [0.05, 0.1) is 11.1 Å². The molecule has 1 aliphatic carbocycles. The number of ether oxygens (including phenoxy) is 1. The van der Waals surface area contributed by atoms with Crippen molar-refractivity contribution in [1.82, 2.24) is 5.43 Å². The minimum absolute atomic E-state index is 0.270. The van der Waals surface area contributed by atoms with E-state index < -0.39 is 16.4 Å². The van der Waals surface area contributed by atoms with Crippen LogP contribution in [0.5, 0.6) is 0 Å². The fraction of sp³-hybridized carbons (Fsp3) is 0.500. The maximum absolute atomic E-state index is 12.7. The van der Waals surface area contributed by atoms with E-state index in [1.165, 1.54) is 0 Å². The van der Waals surface area contributed by atoms with Gasteiger partial charge in [-0.05, 0) is 31.9 Å². The van der Waals surface area contributed by atoms with E-state index >= 15 is 0 Å². The highest BCUT2D eigenvalue weighted by atomic mass is 16.6. The molecular formula is C16H20N2O3. The average molecular weight is 288 g/mol. The largest absolute Gasteiger partial charge is 0.448 e. The molecule has 1 aromatic rings. The van der Waals surface area contributed by atoms with Crippen molar-refractivity contribution in [2.24, 2.45) is 10.8 Å². The first-order valence-corrected chi connectivity index (χ1v) is 7.18. The van der Waals surface area contributed by atoms with Crippen LogP contribution in [0.1, 0.15) is 33.6 Å². The molecule has 21 heavy (non-hydrogen) atoms. The monoisotopic (exact) mass is 288 g/mol. The summed E-state index contributed by atoms with van der Waals surface area (Å²) in [5, 5.41) is 0. The van der Waals surface area contributed by atoms with Crippen LogP contribution >= 0.6 is 0 Å². The molecular weight excluding hydrogens is 268 g/mol. The molecule has 2 bridgehead atoms. The second-order valence-corrected chi connectivity index (χ2v) is 6.62. The standard InChI is InChI=1S/C16H20N2O3/c1-14(2)15(3)9-10-16(14,21-13(15)20)12(19)18-17-11-7-5-4-6-8-11/h4-8,17H,9-10H2,1-3H3,(H,18,19)/t15-,16-/m0/s1. The molecule has 2 N–H and O–H groups in total. The zero-order chi connectivity index (χ0) is 15.3. The lowest BCUT2D eigenvalue weighted by Crippen LogP contribution is -2.54. The number of rotatable bonds is 3. The summed E-state index contributed by atoms with van der Waals surface area (Å²) in [6, 6.07) is 9.35. The molecule has 1 saturated carbocycles. The highest BCUT2D eigenvalue weighted by molar-refractivity contribution is 5.96. The molecule has 0 radical (unpaired) electrons. The van der Waals surface area contributed by atoms with Crippen LogP contribution < -0.4 is 10.9 Å². The van der Waals surface area contributed by atoms with Crippen molar-refractivity contribution in [3.05, 3.63) is 30.3 Å². The Labute approximate surface area is 124 Å². The van der Waals surface area contributed by atoms with E-state index in [-0.39, 0.29) is 11.9 Å². The fourth-order valence-corrected chi connectivity index (χ4v) is 3.50. The first-order valence-electron chi connectivity index (χ1n) is 7.18. The third-order valence-electron chi connectivity index (χ3n) is 5.54. The quantitative estimate of drug-likeness (QED) is 0.661. The van der Waals surface area contributed by atoms with Crippen molar-refractivity contribution in [2.75, 3.05) is 5.43 Å². The zero-order valence-corrected chi connectivity index (χ0v) is 12.5. The van der Waals surface area contributed by atoms with E-state index in [1.54, 1.807) is 0 Å². The van der Waals surface area contributed by atoms with Crippen LogP contribution in [-0.4, -0.2) is 17.5 Å². The van der Waals surface area contributed by atoms with Crippen LogP contribution in [0.2, 0.25) is 0 Å². The molecule has 1 aromatic carbocycles. The molecule has 2 fully saturated rings. The van der Waals surface area contributed by atoms with Gasteiger partial charge in [0, 0.05) is 5.41 Å². The van der Waals surface area contributed by atoms with Gasteiger partial charge in [-0.15, -0.1) is 0 Å². The minimum Gasteiger partial charge on any atom is -0.448 e. The molecule has 3 rings (SSSR count). The first-order chi connectivity index (χ1) is 9.83. The van der Waals surface area contributed by atoms with Crippen molar-refractivity contribution in [3.8, 4) is 0 Å². The molecule has 0 aromatic heterocycles. The Kier molecular flexibility index (Phi) is 2.80. The van der Waals surface area contributed by atoms with Crippen molar-refractivity contribution in [2.45, 2.75) is 39.2 Å². The van der Waals surface area contributed by atoms with E-state index in [2.05, 4.69) is 10.9 Å². The molecule has 0 unspecified atom stereocenters. The van der Waals surface area contributed by atoms with E-state index in [4.69, 9.17) is 4.74 Å². The molecule has 1 heterocycles. The number of anilines is 1. The molecule has 112 valence electrons. The lowest BCUT2D eigenvalue weighted by atomic mass is 9.66. The molecule has 1 amide bonds. The van der Waals surface area contributed by atoms with Crippen molar-refractivity contribution in [3.63, 3.8) is 0 Å². The predicted octanol–water partition coefficient (Wildman–Crippen LogP) is 2.25. The highest BCUT2D eigenvalue weighted by Crippen LogP contribution is 2.65. The summed E-state index contributed by atoms with van der Waals surface area (Å²) >= 11 is 0. The van der Waals surface area contributed by atoms with Crippen molar-refractivity contribution < 1.29 is 14.3 Å². The topological polar surface area (TPSA) is 67.4 Å². The number of benzene rings is 1. The summed E-state index contributed by atoms with van der Waals surface area (Å²) < 4.78 is 5.53. The molecule has 5 nitrogen and oxygen atoms in total. The highest BCUT2D eigenvalue weighted by Gasteiger charge is 2.75. The van der Waals surface area contributed by atoms with Crippen LogP contribution in [0.4, 0.5) is 5.69 Å². The third kappa shape index (κ3) is 1.63. The normalized spacial score (nSPS) is 32.6. The van der Waals surface area contributed by atoms with Crippen LogP contribution in [-0.2, 0) is 14.3 Å². The zero-order valence-electron chi connectivity index (χ0n) is 12.5. The Balaban J connectivity index is 1.80. The van der Waals surface area contributed by atoms with Gasteiger partial charge in [0.25, 0.3) is 5.91 Å². The van der Waals surface area contributed by atoms with Gasteiger partial charge in [-0.3, -0.25) is 20.4 Å². The summed E-state index contributed by atoms with van der Waals surface area (Å²) in [5.41, 5.74) is 4.15. The van der Waals surface area contributed by atoms with Gasteiger partial charge in [0.1, 0.15) is 0 Å². The van der Waals surface area contributed by atoms with Crippen LogP contribution in [0, 0.1) is 10.8 Å². The molecule has 1 saturated heterocycles. The maximum atomic E-state index is 12.7. The fourth-order valence-electron chi connectivity index (χ4n) is 3.50. The maximum Gasteiger partial charge on any atom is 0.313 e. The van der Waals surface area contributed by atoms with Gasteiger partial charge in [-0.25, -0.2) is 0 Å². The Morgan fingerprint density at radius 1 is 1.14 bits per heavy atom. The Morgan fingerprint density at radius 2 is 1.81 bits per heavy atom. The summed E-state index contributed by atoms with van der Waals surface area (Å²) in [6.07, 6.45) is 1.24. The predicted molar refractivity (Wildman–Crippen MR) is 78.2 cm³/mol. The van der Waals surface area contributed by atoms with Gasteiger partial charge in [-0.1, -0.05) is 32.0 Å². The summed E-state index contributed by atoms with van der Waals surface area (Å²) in [5.74, 6) is -0.556. The molecule has 5 heteroatoms. The van der Waals surface area contributed by atoms with Crippen molar-refractivity contribution in [1.29, 1.82) is 0 Å². The Hall–Kier alpha value is -2.04. The number of nitrogens with one attached hydrogen (secondary N) is 2. The van der Waals surface area contributed by atoms with E-state index in [0.717, 1.165) is 5.69 Å². The van der Waals surface area contributed by atoms with E-state index in [9.17, 15) is 9.59 Å². The van der Waals surface area contributed by atoms with Gasteiger partial charge < -0.3 is 4.74 Å². The number of fused-ring (bicyclic) bond motifs is 2. The second kappa shape index (κ2) is 4.23. The number of hydrogen-bond acceptors (Lipinski definition) is 4. The SMILES string of the molecule is CC1(C)[C@@]2(C)CC[C@@]1(C(=O)NNc1ccccc1)OC2=O. The number of carbonyl (C=O) groups is 2. The number of carbonyl (C=O) groups excluding carboxylic acids is 2. The average Bonchev–Trinajstić information content (AvgIpc) is 2.76. The minimum atomic E-state index is -1.08. The summed E-state index contributed by atoms with van der Waals surface area (Å²) in [7, 11) is 0. The molecule has 2 aliphatic rings. The number of hydrazine groups is 1. The van der Waals surface area contributed by atoms with Crippen LogP contribution in [0.15, 0.2) is 30.3 Å². The van der Waals surface area contributed by atoms with Crippen LogP contribution in [0.3, 0.4) is 0 Å². The first kappa shape index (κ1) is 13.9. The second-order valence-electron chi connectivity index (χ2n) is 6.62. The summed E-state index contributed by atoms with van der Waals surface area (Å²) in [6.45, 7) is 5.77. The van der Waals surface area contributed by atoms with Gasteiger partial charge in [0.2, 0.25) is 0 Å². The van der Waals surface area contributed by atoms with Crippen LogP contribution in [0.25, 0.3) is 0 Å². The molecule has 1 aliphatic heterocycles. The Bertz CT molecular complexity index is 599. The summed E-state index contributed by atoms with van der Waals surface area (Å²) in [4.78, 5) is 24.8. The smallest absolute Gasteiger partial charge is 0.313 e. The third-order valence-corrected chi connectivity index (χ3v) is 5.54. The Morgan fingerprint density at radius 3 is 2.33 bits per heavy atom. The molecule has 0 spiro atoms. The number of para-hydroxylation sites is 1. The van der Waals surface area contributed by atoms with Crippen molar-refractivity contribution >= 4 is 17.6 Å². The van der Waals surface area contributed by atoms with Gasteiger partial charge >= 0.3 is 5.97 Å². The van der Waals surface area contributed by atoms with Gasteiger partial charge in [0.15, 0.2) is 5.60 Å². The van der Waals surface area contributed by atoms with E-state index in [0.29, 0.717) is 12.8 Å². The lowest BCUT2D eigenvalue weighted by Gasteiger charge is -2.35. The number of amides is 1. The lowest BCUT2D eigenvalue weighted by molar-refractivity contribution is -0.168. The number of hydrogen-bond donors (Lipinski definition) is 2. The molecule has 2 atom stereocenters. The van der Waals surface area contributed by atoms with Gasteiger partial charge in [-0.2, -0.15) is 0 Å². The van der Waals surface area contributed by atoms with E-state index in [1.807, 2.05) is 51.1 Å².